The minimum atomic E-state index is 0.228. The van der Waals surface area contributed by atoms with Gasteiger partial charge in [-0.15, -0.1) is 0 Å². The molecule has 0 amide bonds. The van der Waals surface area contributed by atoms with E-state index in [1.54, 1.807) is 18.8 Å². The maximum Gasteiger partial charge on any atom is 0.156 e. The molecule has 3 aliphatic rings. The van der Waals surface area contributed by atoms with Crippen molar-refractivity contribution < 1.29 is 14.2 Å². The average Bonchev–Trinajstić information content (AvgIpc) is 2.68. The topological polar surface area (TPSA) is 30.9 Å². The van der Waals surface area contributed by atoms with Crippen LogP contribution in [0.4, 0.5) is 0 Å². The highest BCUT2D eigenvalue weighted by atomic mass is 16.5. The van der Waals surface area contributed by atoms with Crippen molar-refractivity contribution in [3.8, 4) is 0 Å². The van der Waals surface area contributed by atoms with Gasteiger partial charge in [-0.3, -0.25) is 4.90 Å². The molecule has 1 aliphatic carbocycles. The van der Waals surface area contributed by atoms with Gasteiger partial charge in [-0.1, -0.05) is 30.7 Å². The van der Waals surface area contributed by atoms with Crippen molar-refractivity contribution >= 4 is 0 Å². The number of hydrogen-bond donors (Lipinski definition) is 0. The Bertz CT molecular complexity index is 559. The minimum Gasteiger partial charge on any atom is -0.466 e. The summed E-state index contributed by atoms with van der Waals surface area (Å²) in [6.45, 7) is 5.27. The summed E-state index contributed by atoms with van der Waals surface area (Å²) < 4.78 is 16.8. The van der Waals surface area contributed by atoms with E-state index in [1.807, 2.05) is 7.11 Å². The molecular weight excluding hydrogens is 314 g/mol. The number of rotatable bonds is 7. The normalized spacial score (nSPS) is 27.9. The van der Waals surface area contributed by atoms with E-state index in [2.05, 4.69) is 30.1 Å². The summed E-state index contributed by atoms with van der Waals surface area (Å²) in [4.78, 5) is 2.58. The Hall–Kier alpha value is -1.52. The zero-order chi connectivity index (χ0) is 17.5. The lowest BCUT2D eigenvalue weighted by Gasteiger charge is -2.45. The lowest BCUT2D eigenvalue weighted by atomic mass is 9.77. The highest BCUT2D eigenvalue weighted by Gasteiger charge is 2.38. The molecule has 3 rings (SSSR count). The lowest BCUT2D eigenvalue weighted by Crippen LogP contribution is -2.50. The van der Waals surface area contributed by atoms with Crippen molar-refractivity contribution in [1.82, 2.24) is 4.90 Å². The first-order valence-corrected chi connectivity index (χ1v) is 9.51. The van der Waals surface area contributed by atoms with Gasteiger partial charge in [-0.25, -0.2) is 0 Å². The van der Waals surface area contributed by atoms with Gasteiger partial charge in [0.1, 0.15) is 18.8 Å². The second-order valence-corrected chi connectivity index (χ2v) is 7.42. The number of likely N-dealkylation sites (tertiary alicyclic amines) is 1. The van der Waals surface area contributed by atoms with Gasteiger partial charge in [0.2, 0.25) is 0 Å². The van der Waals surface area contributed by atoms with Crippen LogP contribution in [0.25, 0.3) is 0 Å². The van der Waals surface area contributed by atoms with Crippen molar-refractivity contribution in [3.05, 3.63) is 48.3 Å². The van der Waals surface area contributed by atoms with Crippen LogP contribution in [-0.4, -0.2) is 37.7 Å². The van der Waals surface area contributed by atoms with Crippen LogP contribution in [-0.2, 0) is 14.2 Å². The smallest absolute Gasteiger partial charge is 0.156 e. The Labute approximate surface area is 151 Å². The third-order valence-electron chi connectivity index (χ3n) is 5.74. The molecule has 2 heterocycles. The van der Waals surface area contributed by atoms with Gasteiger partial charge in [0.15, 0.2) is 5.76 Å². The molecule has 0 N–H and O–H groups in total. The number of hydrogen-bond acceptors (Lipinski definition) is 4. The summed E-state index contributed by atoms with van der Waals surface area (Å²) in [6.07, 6.45) is 18.5. The molecule has 138 valence electrons. The number of nitrogens with zero attached hydrogens (tertiary/aromatic N) is 1. The fourth-order valence-corrected chi connectivity index (χ4v) is 4.24. The molecule has 2 atom stereocenters. The van der Waals surface area contributed by atoms with E-state index in [0.29, 0.717) is 0 Å². The van der Waals surface area contributed by atoms with Gasteiger partial charge < -0.3 is 14.2 Å². The first kappa shape index (κ1) is 18.3. The van der Waals surface area contributed by atoms with Gasteiger partial charge in [-0.2, -0.15) is 0 Å². The summed E-state index contributed by atoms with van der Waals surface area (Å²) in [7, 11) is 1.82. The summed E-state index contributed by atoms with van der Waals surface area (Å²) in [5.41, 5.74) is 1.74. The Balaban J connectivity index is 1.79. The molecule has 4 heteroatoms. The molecule has 0 aromatic carbocycles. The van der Waals surface area contributed by atoms with Crippen LogP contribution in [0.15, 0.2) is 48.3 Å². The first-order chi connectivity index (χ1) is 12.3. The quantitative estimate of drug-likeness (QED) is 0.679. The maximum absolute atomic E-state index is 5.83. The second kappa shape index (κ2) is 8.72. The van der Waals surface area contributed by atoms with E-state index in [4.69, 9.17) is 14.2 Å². The van der Waals surface area contributed by atoms with Crippen LogP contribution in [0.2, 0.25) is 0 Å². The highest BCUT2D eigenvalue weighted by Crippen LogP contribution is 2.37. The second-order valence-electron chi connectivity index (χ2n) is 7.42. The molecule has 0 radical (unpaired) electrons. The van der Waals surface area contributed by atoms with Crippen molar-refractivity contribution in [3.63, 3.8) is 0 Å². The van der Waals surface area contributed by atoms with Gasteiger partial charge in [0, 0.05) is 19.1 Å². The van der Waals surface area contributed by atoms with Crippen LogP contribution >= 0.6 is 0 Å². The molecule has 0 bridgehead atoms. The van der Waals surface area contributed by atoms with E-state index in [0.717, 1.165) is 51.1 Å². The number of allylic oxidation sites excluding steroid dienone is 3. The zero-order valence-electron chi connectivity index (χ0n) is 15.6. The first-order valence-electron chi connectivity index (χ1n) is 9.51. The minimum absolute atomic E-state index is 0.228. The predicted octanol–water partition coefficient (Wildman–Crippen LogP) is 4.52. The average molecular weight is 345 g/mol. The summed E-state index contributed by atoms with van der Waals surface area (Å²) >= 11 is 0. The number of piperidine rings is 1. The molecule has 1 fully saturated rings. The van der Waals surface area contributed by atoms with E-state index < -0.39 is 0 Å². The Morgan fingerprint density at radius 2 is 2.28 bits per heavy atom. The van der Waals surface area contributed by atoms with Crippen LogP contribution in [0.3, 0.4) is 0 Å². The van der Waals surface area contributed by atoms with E-state index >= 15 is 0 Å². The fraction of sp³-hybridized carbons (Fsp3) is 0.619. The third kappa shape index (κ3) is 4.56. The van der Waals surface area contributed by atoms with E-state index in [9.17, 15) is 0 Å². The molecular formula is C21H31NO3. The molecule has 0 saturated carbocycles. The van der Waals surface area contributed by atoms with Crippen LogP contribution in [0, 0.1) is 5.41 Å². The predicted molar refractivity (Wildman–Crippen MR) is 99.7 cm³/mol. The van der Waals surface area contributed by atoms with Crippen LogP contribution < -0.4 is 0 Å². The lowest BCUT2D eigenvalue weighted by molar-refractivity contribution is -0.00876. The fourth-order valence-electron chi connectivity index (χ4n) is 4.24. The number of methoxy groups -OCH3 is 1. The van der Waals surface area contributed by atoms with Crippen LogP contribution in [0.5, 0.6) is 0 Å². The van der Waals surface area contributed by atoms with Crippen molar-refractivity contribution in [2.75, 3.05) is 26.8 Å². The Kier molecular flexibility index (Phi) is 6.38. The summed E-state index contributed by atoms with van der Waals surface area (Å²) in [6, 6.07) is 0.228. The molecule has 2 unspecified atom stereocenters. The molecule has 0 aromatic rings. The van der Waals surface area contributed by atoms with Gasteiger partial charge in [-0.05, 0) is 45.1 Å². The van der Waals surface area contributed by atoms with Gasteiger partial charge in [0.25, 0.3) is 0 Å². The van der Waals surface area contributed by atoms with Crippen molar-refractivity contribution in [2.24, 2.45) is 5.41 Å². The third-order valence-corrected chi connectivity index (χ3v) is 5.74. The zero-order valence-corrected chi connectivity index (χ0v) is 15.6. The Morgan fingerprint density at radius 1 is 1.36 bits per heavy atom. The largest absolute Gasteiger partial charge is 0.466 e. The summed E-state index contributed by atoms with van der Waals surface area (Å²) in [5, 5.41) is 0. The monoisotopic (exact) mass is 345 g/mol. The maximum atomic E-state index is 5.83. The van der Waals surface area contributed by atoms with Crippen LogP contribution in [0.1, 0.15) is 45.4 Å². The summed E-state index contributed by atoms with van der Waals surface area (Å²) in [5.74, 6) is 0.919. The molecule has 0 spiro atoms. The Morgan fingerprint density at radius 3 is 2.96 bits per heavy atom. The standard InChI is InChI=1S/C21H31NO3/c1-3-21(17-23-2)10-7-11-22(16-21)19(20-15-24-12-13-25-20)14-18-8-5-4-6-9-18/h4-5,8,12-13,15,19H,3,6-7,9-11,14,16-17H2,1-2H3. The molecule has 0 aromatic heterocycles. The van der Waals surface area contributed by atoms with Crippen molar-refractivity contribution in [1.29, 1.82) is 0 Å². The molecule has 1 saturated heterocycles. The SMILES string of the molecule is CCC1(COC)CCCN(C(CC2=CC=CCC2)C2=COC=CO2)C1. The molecule has 25 heavy (non-hydrogen) atoms. The molecule has 2 aliphatic heterocycles. The van der Waals surface area contributed by atoms with Gasteiger partial charge >= 0.3 is 0 Å². The molecule has 4 nitrogen and oxygen atoms in total. The highest BCUT2D eigenvalue weighted by molar-refractivity contribution is 5.21. The van der Waals surface area contributed by atoms with Gasteiger partial charge in [0.05, 0.1) is 12.6 Å². The van der Waals surface area contributed by atoms with Crippen molar-refractivity contribution in [2.45, 2.75) is 51.5 Å². The van der Waals surface area contributed by atoms with E-state index in [-0.39, 0.29) is 11.5 Å². The van der Waals surface area contributed by atoms with E-state index in [1.165, 1.54) is 18.4 Å². The number of ether oxygens (including phenoxy) is 3.